The van der Waals surface area contributed by atoms with E-state index >= 15 is 0 Å². The van der Waals surface area contributed by atoms with Crippen LogP contribution < -0.4 is 30.3 Å². The molecule has 0 aliphatic carbocycles. The Morgan fingerprint density at radius 3 is 2.16 bits per heavy atom. The van der Waals surface area contributed by atoms with Gasteiger partial charge < -0.3 is 30.3 Å². The van der Waals surface area contributed by atoms with Gasteiger partial charge >= 0.3 is 6.03 Å². The summed E-state index contributed by atoms with van der Waals surface area (Å²) in [6, 6.07) is 16.0. The number of nitrogens with one attached hydrogen (secondary N) is 3. The van der Waals surface area contributed by atoms with Crippen LogP contribution in [-0.4, -0.2) is 49.4 Å². The minimum atomic E-state index is -0.667. The number of urea groups is 1. The Bertz CT molecular complexity index is 1400. The largest absolute Gasteiger partial charge is 0.493 e. The van der Waals surface area contributed by atoms with Crippen LogP contribution in [0.4, 0.5) is 20.6 Å². The summed E-state index contributed by atoms with van der Waals surface area (Å²) in [4.78, 5) is 31.7. The summed E-state index contributed by atoms with van der Waals surface area (Å²) in [7, 11) is 1.44. The molecule has 3 N–H and O–H groups in total. The molecule has 10 heteroatoms. The van der Waals surface area contributed by atoms with Crippen LogP contribution in [0, 0.1) is 5.82 Å². The summed E-state index contributed by atoms with van der Waals surface area (Å²) >= 11 is 0. The molecule has 3 amide bonds. The lowest BCUT2D eigenvalue weighted by Gasteiger charge is -2.38. The third-order valence-corrected chi connectivity index (χ3v) is 8.13. The predicted molar refractivity (Wildman–Crippen MR) is 175 cm³/mol. The summed E-state index contributed by atoms with van der Waals surface area (Å²) in [5.74, 6) is 0.660. The molecule has 3 aromatic rings. The lowest BCUT2D eigenvalue weighted by atomic mass is 10.1. The van der Waals surface area contributed by atoms with Crippen molar-refractivity contribution in [2.75, 3.05) is 37.4 Å². The van der Waals surface area contributed by atoms with Crippen molar-refractivity contribution in [2.45, 2.75) is 71.8 Å². The number of nitrogens with zero attached hydrogens (tertiary/aromatic N) is 1. The van der Waals surface area contributed by atoms with Crippen LogP contribution in [0.2, 0.25) is 0 Å². The Morgan fingerprint density at radius 1 is 0.867 bits per heavy atom. The number of benzene rings is 3. The Balaban J connectivity index is 1.35. The zero-order valence-electron chi connectivity index (χ0n) is 26.8. The van der Waals surface area contributed by atoms with Crippen molar-refractivity contribution in [1.29, 1.82) is 0 Å². The van der Waals surface area contributed by atoms with Gasteiger partial charge in [-0.3, -0.25) is 4.79 Å². The Hall–Kier alpha value is -4.31. The maximum atomic E-state index is 14.9. The lowest BCUT2D eigenvalue weighted by molar-refractivity contribution is -1.08. The van der Waals surface area contributed by atoms with Gasteiger partial charge in [-0.1, -0.05) is 27.2 Å². The van der Waals surface area contributed by atoms with Gasteiger partial charge in [0.15, 0.2) is 23.1 Å². The quantitative estimate of drug-likeness (QED) is 0.157. The second-order valence-corrected chi connectivity index (χ2v) is 11.4. The first-order valence-electron chi connectivity index (χ1n) is 16.0. The normalized spacial score (nSPS) is 14.0. The molecule has 45 heavy (non-hydrogen) atoms. The Labute approximate surface area is 265 Å². The van der Waals surface area contributed by atoms with Gasteiger partial charge in [-0.2, -0.15) is 0 Å². The van der Waals surface area contributed by atoms with E-state index in [1.165, 1.54) is 32.4 Å². The standard InChI is InChI=1S/C35H45FN4O5/c1-5-8-20-40(21-10-9-11-22-40)45-29-16-12-25(13-17-29)34(41)37-27-14-18-28(19-15-27)44-33-23-30(36)31(24-32(33)43-4)39-35(42)38-26(6-2)7-3/h12-19,23-24,26H,5-11,20-22H2,1-4H3,(H2-,37,38,39,41,42)/p+1. The molecule has 242 valence electrons. The summed E-state index contributed by atoms with van der Waals surface area (Å²) in [6.45, 7) is 9.18. The number of rotatable bonds is 14. The van der Waals surface area contributed by atoms with E-state index in [1.807, 2.05) is 26.0 Å². The minimum Gasteiger partial charge on any atom is -0.493 e. The van der Waals surface area contributed by atoms with Crippen molar-refractivity contribution < 1.29 is 32.9 Å². The molecule has 0 bridgehead atoms. The molecule has 1 aliphatic heterocycles. The zero-order chi connectivity index (χ0) is 32.2. The average Bonchev–Trinajstić information content (AvgIpc) is 3.05. The van der Waals surface area contributed by atoms with E-state index in [0.717, 1.165) is 57.1 Å². The number of piperidine rings is 1. The number of methoxy groups -OCH3 is 1. The second-order valence-electron chi connectivity index (χ2n) is 11.4. The number of ether oxygens (including phenoxy) is 2. The number of anilines is 2. The van der Waals surface area contributed by atoms with Crippen molar-refractivity contribution in [1.82, 2.24) is 5.32 Å². The van der Waals surface area contributed by atoms with Gasteiger partial charge in [-0.15, -0.1) is 4.65 Å². The van der Waals surface area contributed by atoms with E-state index in [4.69, 9.17) is 14.3 Å². The molecule has 4 rings (SSSR count). The fourth-order valence-electron chi connectivity index (χ4n) is 5.43. The first-order chi connectivity index (χ1) is 21.8. The van der Waals surface area contributed by atoms with Crippen LogP contribution in [0.3, 0.4) is 0 Å². The van der Waals surface area contributed by atoms with E-state index in [1.54, 1.807) is 36.4 Å². The fourth-order valence-corrected chi connectivity index (χ4v) is 5.43. The number of likely N-dealkylation sites (tertiary alicyclic amines) is 1. The molecule has 1 fully saturated rings. The molecule has 9 nitrogen and oxygen atoms in total. The number of hydroxylamine groups is 3. The molecule has 1 aliphatic rings. The molecule has 0 unspecified atom stereocenters. The Kier molecular flexibility index (Phi) is 12.0. The lowest BCUT2D eigenvalue weighted by Crippen LogP contribution is -2.54. The van der Waals surface area contributed by atoms with Crippen molar-refractivity contribution in [3.05, 3.63) is 72.0 Å². The monoisotopic (exact) mass is 621 g/mol. The smallest absolute Gasteiger partial charge is 0.319 e. The highest BCUT2D eigenvalue weighted by atomic mass is 19.1. The maximum absolute atomic E-state index is 14.9. The Morgan fingerprint density at radius 2 is 1.53 bits per heavy atom. The van der Waals surface area contributed by atoms with E-state index in [0.29, 0.717) is 21.6 Å². The number of quaternary nitrogens is 1. The molecule has 1 heterocycles. The van der Waals surface area contributed by atoms with E-state index < -0.39 is 11.8 Å². The molecule has 1 saturated heterocycles. The summed E-state index contributed by atoms with van der Waals surface area (Å²) < 4.78 is 26.8. The van der Waals surface area contributed by atoms with Crippen molar-refractivity contribution in [3.8, 4) is 23.0 Å². The van der Waals surface area contributed by atoms with Gasteiger partial charge in [0, 0.05) is 42.3 Å². The minimum absolute atomic E-state index is 0.00108. The fraction of sp³-hybridized carbons (Fsp3) is 0.429. The summed E-state index contributed by atoms with van der Waals surface area (Å²) in [5, 5.41) is 8.24. The molecule has 0 spiro atoms. The third-order valence-electron chi connectivity index (χ3n) is 8.13. The topological polar surface area (TPSA) is 97.9 Å². The number of hydrogen-bond donors (Lipinski definition) is 3. The average molecular weight is 622 g/mol. The second kappa shape index (κ2) is 16.1. The van der Waals surface area contributed by atoms with Gasteiger partial charge in [0.05, 0.1) is 12.8 Å². The molecular weight excluding hydrogens is 575 g/mol. The molecule has 0 radical (unpaired) electrons. The number of unbranched alkanes of at least 4 members (excludes halogenated alkanes) is 1. The van der Waals surface area contributed by atoms with Gasteiger partial charge in [0.25, 0.3) is 5.91 Å². The van der Waals surface area contributed by atoms with Crippen LogP contribution in [0.25, 0.3) is 0 Å². The van der Waals surface area contributed by atoms with E-state index in [2.05, 4.69) is 22.9 Å². The number of amides is 3. The van der Waals surface area contributed by atoms with Gasteiger partial charge in [-0.25, -0.2) is 9.18 Å². The summed E-state index contributed by atoms with van der Waals surface area (Å²) in [6.07, 6.45) is 7.38. The van der Waals surface area contributed by atoms with Crippen LogP contribution in [-0.2, 0) is 0 Å². The van der Waals surface area contributed by atoms with Crippen LogP contribution in [0.5, 0.6) is 23.0 Å². The zero-order valence-corrected chi connectivity index (χ0v) is 26.8. The summed E-state index contributed by atoms with van der Waals surface area (Å²) in [5.41, 5.74) is 1.07. The molecule has 0 saturated carbocycles. The number of hydrogen-bond acceptors (Lipinski definition) is 5. The highest BCUT2D eigenvalue weighted by Gasteiger charge is 2.32. The molecule has 0 atom stereocenters. The van der Waals surface area contributed by atoms with Gasteiger partial charge in [0.2, 0.25) is 0 Å². The van der Waals surface area contributed by atoms with E-state index in [-0.39, 0.29) is 29.1 Å². The molecule has 3 aromatic carbocycles. The van der Waals surface area contributed by atoms with Crippen molar-refractivity contribution in [2.24, 2.45) is 0 Å². The third kappa shape index (κ3) is 9.34. The first kappa shape index (κ1) is 33.6. The van der Waals surface area contributed by atoms with Gasteiger partial charge in [0.1, 0.15) is 25.4 Å². The number of carbonyl (C=O) groups excluding carboxylic acids is 2. The van der Waals surface area contributed by atoms with Crippen LogP contribution in [0.15, 0.2) is 60.7 Å². The SMILES string of the molecule is CCCC[N+]1(Oc2ccc(C(=O)Nc3ccc(Oc4cc(F)c(NC(=O)NC(CC)CC)cc4OC)cc3)cc2)CCCCC1. The van der Waals surface area contributed by atoms with E-state index in [9.17, 15) is 14.0 Å². The van der Waals surface area contributed by atoms with Crippen molar-refractivity contribution in [3.63, 3.8) is 0 Å². The van der Waals surface area contributed by atoms with Crippen molar-refractivity contribution >= 4 is 23.3 Å². The molecule has 0 aromatic heterocycles. The number of halogens is 1. The number of carbonyl (C=O) groups is 2. The van der Waals surface area contributed by atoms with Gasteiger partial charge in [-0.05, 0) is 74.2 Å². The highest BCUT2D eigenvalue weighted by molar-refractivity contribution is 6.04. The first-order valence-corrected chi connectivity index (χ1v) is 16.0. The predicted octanol–water partition coefficient (Wildman–Crippen LogP) is 8.28. The van der Waals surface area contributed by atoms with Crippen LogP contribution in [0.1, 0.15) is 76.1 Å². The molecular formula is C35H46FN4O5+. The maximum Gasteiger partial charge on any atom is 0.319 e. The van der Waals surface area contributed by atoms with Crippen LogP contribution >= 0.6 is 0 Å². The highest BCUT2D eigenvalue weighted by Crippen LogP contribution is 2.36.